The number of hydrogen-bond donors (Lipinski definition) is 2. The lowest BCUT2D eigenvalue weighted by molar-refractivity contribution is -0.212. The normalized spacial score (nSPS) is 13.8. The zero-order chi connectivity index (χ0) is 17.5. The highest BCUT2D eigenvalue weighted by atomic mass is 19.4. The van der Waals surface area contributed by atoms with Gasteiger partial charge in [-0.05, 0) is 5.56 Å². The molecule has 0 aromatic heterocycles. The third kappa shape index (κ3) is 6.55. The van der Waals surface area contributed by atoms with E-state index in [1.165, 1.54) is 0 Å². The van der Waals surface area contributed by atoms with E-state index in [0.717, 1.165) is 7.11 Å². The Hall–Kier alpha value is -2.29. The van der Waals surface area contributed by atoms with Gasteiger partial charge in [-0.3, -0.25) is 4.79 Å². The molecule has 0 saturated carbocycles. The van der Waals surface area contributed by atoms with Gasteiger partial charge in [0.1, 0.15) is 6.61 Å². The van der Waals surface area contributed by atoms with Crippen LogP contribution in [0, 0.1) is 0 Å². The Bertz CT molecular complexity index is 521. The fourth-order valence-corrected chi connectivity index (χ4v) is 1.65. The summed E-state index contributed by atoms with van der Waals surface area (Å²) in [6.07, 6.45) is -9.97. The fraction of sp³-hybridized carbons (Fsp3) is 0.429. The molecule has 0 aliphatic carbocycles. The molecular formula is C14H16F3NO5. The largest absolute Gasteiger partial charge is 0.469 e. The minimum absolute atomic E-state index is 0.167. The highest BCUT2D eigenvalue weighted by Crippen LogP contribution is 2.24. The summed E-state index contributed by atoms with van der Waals surface area (Å²) in [5.41, 5.74) is 0.628. The van der Waals surface area contributed by atoms with Crippen LogP contribution < -0.4 is 5.32 Å². The number of methoxy groups -OCH3 is 1. The monoisotopic (exact) mass is 335 g/mol. The molecule has 2 atom stereocenters. The Morgan fingerprint density at radius 3 is 2.39 bits per heavy atom. The quantitative estimate of drug-likeness (QED) is 0.774. The molecule has 0 aliphatic rings. The second kappa shape index (κ2) is 8.37. The zero-order valence-electron chi connectivity index (χ0n) is 12.2. The number of benzene rings is 1. The molecule has 1 aromatic carbocycles. The van der Waals surface area contributed by atoms with Gasteiger partial charge in [-0.15, -0.1) is 0 Å². The number of rotatable bonds is 6. The first-order chi connectivity index (χ1) is 10.7. The summed E-state index contributed by atoms with van der Waals surface area (Å²) in [5, 5.41) is 11.0. The molecule has 0 fully saturated rings. The van der Waals surface area contributed by atoms with Crippen molar-refractivity contribution in [2.45, 2.75) is 31.3 Å². The molecule has 23 heavy (non-hydrogen) atoms. The maximum absolute atomic E-state index is 12.6. The van der Waals surface area contributed by atoms with Crippen LogP contribution in [0.4, 0.5) is 18.0 Å². The van der Waals surface area contributed by atoms with Crippen molar-refractivity contribution < 1.29 is 37.3 Å². The van der Waals surface area contributed by atoms with Gasteiger partial charge in [0.2, 0.25) is 0 Å². The number of amides is 1. The van der Waals surface area contributed by atoms with Crippen molar-refractivity contribution in [3.63, 3.8) is 0 Å². The molecule has 128 valence electrons. The summed E-state index contributed by atoms with van der Waals surface area (Å²) in [6, 6.07) is 6.54. The Labute approximate surface area is 130 Å². The average molecular weight is 335 g/mol. The van der Waals surface area contributed by atoms with Crippen LogP contribution in [0.1, 0.15) is 12.0 Å². The van der Waals surface area contributed by atoms with E-state index in [1.54, 1.807) is 30.3 Å². The van der Waals surface area contributed by atoms with Crippen LogP contribution >= 0.6 is 0 Å². The molecule has 0 aliphatic heterocycles. The van der Waals surface area contributed by atoms with Gasteiger partial charge >= 0.3 is 18.2 Å². The van der Waals surface area contributed by atoms with E-state index in [4.69, 9.17) is 4.74 Å². The summed E-state index contributed by atoms with van der Waals surface area (Å²) in [4.78, 5) is 22.7. The van der Waals surface area contributed by atoms with E-state index in [1.807, 2.05) is 5.32 Å². The van der Waals surface area contributed by atoms with Crippen molar-refractivity contribution in [1.82, 2.24) is 5.32 Å². The molecule has 0 saturated heterocycles. The number of aliphatic hydroxyl groups excluding tert-OH is 1. The van der Waals surface area contributed by atoms with E-state index in [0.29, 0.717) is 5.56 Å². The van der Waals surface area contributed by atoms with E-state index in [2.05, 4.69) is 4.74 Å². The second-order valence-corrected chi connectivity index (χ2v) is 4.58. The predicted octanol–water partition coefficient (Wildman–Crippen LogP) is 1.77. The van der Waals surface area contributed by atoms with Crippen LogP contribution in [-0.2, 0) is 20.9 Å². The first kappa shape index (κ1) is 18.8. The van der Waals surface area contributed by atoms with E-state index >= 15 is 0 Å². The Morgan fingerprint density at radius 1 is 1.26 bits per heavy atom. The summed E-state index contributed by atoms with van der Waals surface area (Å²) in [7, 11) is 0.979. The SMILES string of the molecule is COC(=O)CC(NC(=O)OCc1ccccc1)C(O)C(F)(F)F. The zero-order valence-corrected chi connectivity index (χ0v) is 12.2. The number of nitrogens with one attached hydrogen (secondary N) is 1. The van der Waals surface area contributed by atoms with E-state index < -0.39 is 36.8 Å². The minimum Gasteiger partial charge on any atom is -0.469 e. The molecule has 2 unspecified atom stereocenters. The number of ether oxygens (including phenoxy) is 2. The van der Waals surface area contributed by atoms with E-state index in [-0.39, 0.29) is 6.61 Å². The number of carbonyl (C=O) groups is 2. The lowest BCUT2D eigenvalue weighted by Gasteiger charge is -2.24. The highest BCUT2D eigenvalue weighted by Gasteiger charge is 2.45. The first-order valence-corrected chi connectivity index (χ1v) is 6.53. The Kier molecular flexibility index (Phi) is 6.83. The van der Waals surface area contributed by atoms with Crippen LogP contribution in [0.25, 0.3) is 0 Å². The topological polar surface area (TPSA) is 84.9 Å². The van der Waals surface area contributed by atoms with Gasteiger partial charge in [-0.25, -0.2) is 4.79 Å². The van der Waals surface area contributed by atoms with Crippen LogP contribution in [0.3, 0.4) is 0 Å². The fourth-order valence-electron chi connectivity index (χ4n) is 1.65. The third-order valence-corrected chi connectivity index (χ3v) is 2.85. The number of esters is 1. The van der Waals surface area contributed by atoms with Crippen LogP contribution in [0.5, 0.6) is 0 Å². The van der Waals surface area contributed by atoms with Crippen molar-refractivity contribution in [3.05, 3.63) is 35.9 Å². The van der Waals surface area contributed by atoms with Crippen LogP contribution in [0.2, 0.25) is 0 Å². The average Bonchev–Trinajstić information content (AvgIpc) is 2.51. The smallest absolute Gasteiger partial charge is 0.416 e. The lowest BCUT2D eigenvalue weighted by Crippen LogP contribution is -2.51. The molecule has 1 amide bonds. The van der Waals surface area contributed by atoms with Gasteiger partial charge in [0.25, 0.3) is 0 Å². The first-order valence-electron chi connectivity index (χ1n) is 6.53. The second-order valence-electron chi connectivity index (χ2n) is 4.58. The van der Waals surface area contributed by atoms with Crippen LogP contribution in [-0.4, -0.2) is 42.6 Å². The summed E-state index contributed by atoms with van der Waals surface area (Å²) >= 11 is 0. The summed E-state index contributed by atoms with van der Waals surface area (Å²) in [6.45, 7) is -0.167. The van der Waals surface area contributed by atoms with Gasteiger partial charge in [-0.1, -0.05) is 30.3 Å². The lowest BCUT2D eigenvalue weighted by atomic mass is 10.1. The standard InChI is InChI=1S/C14H16F3NO5/c1-22-11(19)7-10(12(20)14(15,16)17)18-13(21)23-8-9-5-3-2-4-6-9/h2-6,10,12,20H,7-8H2,1H3,(H,18,21). The molecular weight excluding hydrogens is 319 g/mol. The maximum atomic E-state index is 12.6. The van der Waals surface area contributed by atoms with Gasteiger partial charge in [0.15, 0.2) is 6.10 Å². The molecule has 0 radical (unpaired) electrons. The molecule has 1 rings (SSSR count). The number of halogens is 3. The predicted molar refractivity (Wildman–Crippen MR) is 72.2 cm³/mol. The van der Waals surface area contributed by atoms with Crippen LogP contribution in [0.15, 0.2) is 30.3 Å². The number of aliphatic hydroxyl groups is 1. The number of hydrogen-bond acceptors (Lipinski definition) is 5. The molecule has 6 nitrogen and oxygen atoms in total. The Balaban J connectivity index is 2.64. The van der Waals surface area contributed by atoms with Crippen molar-refractivity contribution in [3.8, 4) is 0 Å². The molecule has 2 N–H and O–H groups in total. The molecule has 9 heteroatoms. The molecule has 0 heterocycles. The molecule has 0 bridgehead atoms. The summed E-state index contributed by atoms with van der Waals surface area (Å²) in [5.74, 6) is -1.01. The summed E-state index contributed by atoms with van der Waals surface area (Å²) < 4.78 is 46.7. The minimum atomic E-state index is -5.01. The van der Waals surface area contributed by atoms with Gasteiger partial charge in [-0.2, -0.15) is 13.2 Å². The van der Waals surface area contributed by atoms with Gasteiger partial charge in [0, 0.05) is 0 Å². The highest BCUT2D eigenvalue weighted by molar-refractivity contribution is 5.72. The van der Waals surface area contributed by atoms with Gasteiger partial charge < -0.3 is 19.9 Å². The van der Waals surface area contributed by atoms with Crippen molar-refractivity contribution in [2.75, 3.05) is 7.11 Å². The third-order valence-electron chi connectivity index (χ3n) is 2.85. The molecule has 1 aromatic rings. The van der Waals surface area contributed by atoms with E-state index in [9.17, 15) is 27.9 Å². The van der Waals surface area contributed by atoms with Crippen molar-refractivity contribution >= 4 is 12.1 Å². The number of alkyl carbamates (subject to hydrolysis) is 1. The van der Waals surface area contributed by atoms with Gasteiger partial charge in [0.05, 0.1) is 19.6 Å². The Morgan fingerprint density at radius 2 is 1.87 bits per heavy atom. The number of alkyl halides is 3. The maximum Gasteiger partial charge on any atom is 0.416 e. The van der Waals surface area contributed by atoms with Crippen molar-refractivity contribution in [1.29, 1.82) is 0 Å². The molecule has 0 spiro atoms. The van der Waals surface area contributed by atoms with Crippen molar-refractivity contribution in [2.24, 2.45) is 0 Å². The number of carbonyl (C=O) groups excluding carboxylic acids is 2.